The molecule has 0 radical (unpaired) electrons. The number of benzene rings is 2. The van der Waals surface area contributed by atoms with Gasteiger partial charge in [-0.25, -0.2) is 4.98 Å². The van der Waals surface area contributed by atoms with Gasteiger partial charge >= 0.3 is 0 Å². The van der Waals surface area contributed by atoms with Crippen LogP contribution in [0.1, 0.15) is 65.2 Å². The molecule has 60 heavy (non-hydrogen) atoms. The number of fused-ring (bicyclic) bond motifs is 1. The Morgan fingerprint density at radius 1 is 1.03 bits per heavy atom. The maximum atomic E-state index is 11.8. The lowest BCUT2D eigenvalue weighted by atomic mass is 9.88. The van der Waals surface area contributed by atoms with Crippen molar-refractivity contribution in [2.45, 2.75) is 69.5 Å². The number of methoxy groups -OCH3 is 1. The van der Waals surface area contributed by atoms with Gasteiger partial charge in [0.25, 0.3) is 0 Å². The maximum absolute atomic E-state index is 11.8. The summed E-state index contributed by atoms with van der Waals surface area (Å²) in [5.41, 5.74) is 8.02. The van der Waals surface area contributed by atoms with Crippen molar-refractivity contribution in [1.82, 2.24) is 30.5 Å². The fourth-order valence-electron chi connectivity index (χ4n) is 8.33. The number of aldehydes is 1. The molecule has 0 saturated carbocycles. The number of aliphatic hydroxyl groups is 1. The Bertz CT molecular complexity index is 2470. The molecule has 0 unspecified atom stereocenters. The van der Waals surface area contributed by atoms with Gasteiger partial charge in [0.2, 0.25) is 23.5 Å². The third kappa shape index (κ3) is 8.80. The summed E-state index contributed by atoms with van der Waals surface area (Å²) in [4.78, 5) is 38.7. The van der Waals surface area contributed by atoms with Crippen molar-refractivity contribution in [3.63, 3.8) is 0 Å². The zero-order valence-corrected chi connectivity index (χ0v) is 34.4. The molecule has 1 spiro atoms. The van der Waals surface area contributed by atoms with E-state index in [4.69, 9.17) is 47.4 Å². The van der Waals surface area contributed by atoms with Crippen molar-refractivity contribution in [1.29, 1.82) is 5.26 Å². The van der Waals surface area contributed by atoms with Gasteiger partial charge in [0, 0.05) is 85.8 Å². The zero-order chi connectivity index (χ0) is 41.8. The molecule has 308 valence electrons. The molecule has 8 rings (SSSR count). The number of nitrogens with one attached hydrogen (secondary N) is 2. The van der Waals surface area contributed by atoms with Gasteiger partial charge in [-0.3, -0.25) is 14.7 Å². The predicted octanol–water partition coefficient (Wildman–Crippen LogP) is 6.54. The quantitative estimate of drug-likeness (QED) is 0.0918. The van der Waals surface area contributed by atoms with Crippen LogP contribution in [-0.4, -0.2) is 75.5 Å². The molecule has 3 aliphatic rings. The number of amides is 1. The second-order valence-electron chi connectivity index (χ2n) is 15.4. The Morgan fingerprint density at radius 2 is 1.85 bits per heavy atom. The van der Waals surface area contributed by atoms with Gasteiger partial charge in [0.1, 0.15) is 30.1 Å². The molecule has 1 aliphatic carbocycles. The number of hydrogen-bond donors (Lipinski definition) is 3. The summed E-state index contributed by atoms with van der Waals surface area (Å²) in [5, 5.41) is 26.5. The number of pyridine rings is 3. The number of ether oxygens (including phenoxy) is 3. The monoisotopic (exact) mass is 847 g/mol. The summed E-state index contributed by atoms with van der Waals surface area (Å²) in [6.07, 6.45) is 5.44. The van der Waals surface area contributed by atoms with E-state index in [0.717, 1.165) is 59.3 Å². The molecular formula is C45H43Cl2N7O6. The Kier molecular flexibility index (Phi) is 12.3. The van der Waals surface area contributed by atoms with E-state index in [1.165, 1.54) is 6.20 Å². The van der Waals surface area contributed by atoms with E-state index in [9.17, 15) is 20.0 Å². The fourth-order valence-corrected chi connectivity index (χ4v) is 8.87. The van der Waals surface area contributed by atoms with Crippen LogP contribution < -0.4 is 24.8 Å². The van der Waals surface area contributed by atoms with E-state index in [-0.39, 0.29) is 60.4 Å². The Hall–Kier alpha value is -5.62. The Labute approximate surface area is 357 Å². The number of likely N-dealkylation sites (tertiary alicyclic amines) is 1. The van der Waals surface area contributed by atoms with Crippen LogP contribution in [0.4, 0.5) is 0 Å². The lowest BCUT2D eigenvalue weighted by Crippen LogP contribution is -2.66. The third-order valence-electron chi connectivity index (χ3n) is 11.2. The molecule has 2 atom stereocenters. The van der Waals surface area contributed by atoms with E-state index >= 15 is 0 Å². The summed E-state index contributed by atoms with van der Waals surface area (Å²) < 4.78 is 18.5. The number of aliphatic hydroxyl groups excluding tert-OH is 1. The van der Waals surface area contributed by atoms with Crippen molar-refractivity contribution in [2.24, 2.45) is 0 Å². The van der Waals surface area contributed by atoms with Crippen LogP contribution in [0.15, 0.2) is 73.1 Å². The van der Waals surface area contributed by atoms with Crippen molar-refractivity contribution in [2.75, 3.05) is 26.7 Å². The smallest absolute Gasteiger partial charge is 0.236 e. The van der Waals surface area contributed by atoms with Gasteiger partial charge in [0.15, 0.2) is 0 Å². The van der Waals surface area contributed by atoms with Crippen LogP contribution in [0.3, 0.4) is 0 Å². The van der Waals surface area contributed by atoms with Crippen molar-refractivity contribution >= 4 is 35.4 Å². The van der Waals surface area contributed by atoms with E-state index in [1.54, 1.807) is 25.4 Å². The second kappa shape index (κ2) is 17.9. The predicted molar refractivity (Wildman–Crippen MR) is 225 cm³/mol. The van der Waals surface area contributed by atoms with Gasteiger partial charge in [-0.05, 0) is 54.2 Å². The summed E-state index contributed by atoms with van der Waals surface area (Å²) in [5.74, 6) is 1.12. The highest BCUT2D eigenvalue weighted by Crippen LogP contribution is 2.45. The average molecular weight is 849 g/mol. The first-order valence-corrected chi connectivity index (χ1v) is 20.5. The molecule has 1 amide bonds. The first kappa shape index (κ1) is 41.1. The van der Waals surface area contributed by atoms with Gasteiger partial charge in [0.05, 0.1) is 35.0 Å². The minimum absolute atomic E-state index is 0.0114. The van der Waals surface area contributed by atoms with Crippen molar-refractivity contribution in [3.8, 4) is 46.1 Å². The zero-order valence-electron chi connectivity index (χ0n) is 32.9. The Morgan fingerprint density at radius 3 is 2.63 bits per heavy atom. The SMILES string of the molecule is COc1nc(-c2cccc(-c3cccc4c3CC[C@@H]4Oc3nc(OCc4cncc(C#N)c4)c(CNC[C@@H](O)CC=O)cc3Cl)c2Cl)ccc1CN1CC2(CCC(=O)N2)C1. The van der Waals surface area contributed by atoms with Crippen LogP contribution in [0.5, 0.6) is 17.6 Å². The lowest BCUT2D eigenvalue weighted by Gasteiger charge is -2.48. The topological polar surface area (TPSA) is 172 Å². The van der Waals surface area contributed by atoms with E-state index in [2.05, 4.69) is 32.7 Å². The molecule has 3 N–H and O–H groups in total. The molecule has 15 heteroatoms. The van der Waals surface area contributed by atoms with Crippen LogP contribution in [-0.2, 0) is 35.7 Å². The highest BCUT2D eigenvalue weighted by atomic mass is 35.5. The first-order chi connectivity index (χ1) is 29.2. The number of nitrogens with zero attached hydrogens (tertiary/aromatic N) is 5. The minimum atomic E-state index is -0.840. The molecule has 2 aromatic carbocycles. The number of nitriles is 1. The van der Waals surface area contributed by atoms with Crippen molar-refractivity contribution in [3.05, 3.63) is 116 Å². The number of rotatable bonds is 16. The van der Waals surface area contributed by atoms with E-state index in [1.807, 2.05) is 42.5 Å². The van der Waals surface area contributed by atoms with Crippen LogP contribution in [0.25, 0.3) is 22.4 Å². The molecule has 0 bridgehead atoms. The average Bonchev–Trinajstić information content (AvgIpc) is 3.85. The van der Waals surface area contributed by atoms with Crippen LogP contribution >= 0.6 is 23.2 Å². The fraction of sp³-hybridized carbons (Fsp3) is 0.333. The molecule has 2 fully saturated rings. The third-order valence-corrected chi connectivity index (χ3v) is 11.9. The lowest BCUT2D eigenvalue weighted by molar-refractivity contribution is -0.120. The first-order valence-electron chi connectivity index (χ1n) is 19.8. The molecule has 2 saturated heterocycles. The molecule has 13 nitrogen and oxygen atoms in total. The van der Waals surface area contributed by atoms with Crippen LogP contribution in [0.2, 0.25) is 10.0 Å². The molecule has 3 aromatic heterocycles. The molecular weight excluding hydrogens is 805 g/mol. The normalized spacial score (nSPS) is 17.1. The summed E-state index contributed by atoms with van der Waals surface area (Å²) >= 11 is 14.1. The molecule has 5 aromatic rings. The summed E-state index contributed by atoms with van der Waals surface area (Å²) in [6.45, 7) is 2.80. The standard InChI is InChI=1S/C45H43Cl2N7O6/c1-58-42-29(23-54-25-45(26-54)14-12-40(57)53-45)8-10-38(51-42)36-7-3-6-35(41(36)47)32-4-2-5-34-33(32)9-11-39(34)60-44-37(46)17-30(21-50-22-31(56)13-15-55)43(52-44)59-24-28-16-27(18-48)19-49-20-28/h2-8,10,15-17,19-20,31,39,50,56H,9,11-14,21-26H2,1H3,(H,53,57)/t31-,39-/m0/s1. The highest BCUT2D eigenvalue weighted by molar-refractivity contribution is 6.36. The van der Waals surface area contributed by atoms with Gasteiger partial charge < -0.3 is 34.7 Å². The summed E-state index contributed by atoms with van der Waals surface area (Å²) in [7, 11) is 1.62. The number of hydrogen-bond acceptors (Lipinski definition) is 12. The van der Waals surface area contributed by atoms with Gasteiger partial charge in [-0.1, -0.05) is 65.7 Å². The summed E-state index contributed by atoms with van der Waals surface area (Å²) in [6, 6.07) is 21.6. The van der Waals surface area contributed by atoms with Gasteiger partial charge in [-0.15, -0.1) is 0 Å². The highest BCUT2D eigenvalue weighted by Gasteiger charge is 2.47. The number of carbonyl (C=O) groups is 2. The van der Waals surface area contributed by atoms with Gasteiger partial charge in [-0.2, -0.15) is 10.2 Å². The maximum Gasteiger partial charge on any atom is 0.236 e. The minimum Gasteiger partial charge on any atom is -0.481 e. The van der Waals surface area contributed by atoms with Crippen molar-refractivity contribution < 1.29 is 28.9 Å². The Balaban J connectivity index is 1.01. The van der Waals surface area contributed by atoms with E-state index < -0.39 is 6.10 Å². The second-order valence-corrected chi connectivity index (χ2v) is 16.2. The van der Waals surface area contributed by atoms with Crippen LogP contribution in [0, 0.1) is 11.3 Å². The molecule has 5 heterocycles. The number of halogens is 2. The molecule has 2 aliphatic heterocycles. The number of carbonyl (C=O) groups excluding carboxylic acids is 2. The number of aromatic nitrogens is 3. The van der Waals surface area contributed by atoms with E-state index in [0.29, 0.717) is 59.0 Å². The largest absolute Gasteiger partial charge is 0.481 e.